The summed E-state index contributed by atoms with van der Waals surface area (Å²) in [6, 6.07) is 12.2. The number of hydrogen-bond donors (Lipinski definition) is 5. The van der Waals surface area contributed by atoms with Crippen molar-refractivity contribution in [3.8, 4) is 11.1 Å². The van der Waals surface area contributed by atoms with Crippen LogP contribution in [0, 0.1) is 12.3 Å². The van der Waals surface area contributed by atoms with E-state index in [0.29, 0.717) is 20.3 Å². The molecule has 9 nitrogen and oxygen atoms in total. The van der Waals surface area contributed by atoms with Crippen molar-refractivity contribution in [1.82, 2.24) is 0 Å². The number of carboxylic acid groups (broad SMARTS) is 1. The van der Waals surface area contributed by atoms with Gasteiger partial charge in [0.05, 0.1) is 18.9 Å². The van der Waals surface area contributed by atoms with E-state index in [4.69, 9.17) is 22.0 Å². The maximum absolute atomic E-state index is 13.4. The zero-order valence-corrected chi connectivity index (χ0v) is 22.0. The average Bonchev–Trinajstić information content (AvgIpc) is 3.28. The summed E-state index contributed by atoms with van der Waals surface area (Å²) < 4.78 is 27.4. The van der Waals surface area contributed by atoms with Gasteiger partial charge in [-0.05, 0) is 66.6 Å². The monoisotopic (exact) mass is 546 g/mol. The lowest BCUT2D eigenvalue weighted by atomic mass is 10.00. The van der Waals surface area contributed by atoms with Crippen molar-refractivity contribution in [3.05, 3.63) is 59.0 Å². The number of nitrogens with one attached hydrogen (secondary N) is 2. The molecule has 3 aromatic rings. The van der Waals surface area contributed by atoms with Gasteiger partial charge in [0.25, 0.3) is 0 Å². The molecule has 0 radical (unpaired) electrons. The van der Waals surface area contributed by atoms with Crippen LogP contribution >= 0.6 is 23.1 Å². The van der Waals surface area contributed by atoms with E-state index in [1.807, 2.05) is 6.92 Å². The van der Waals surface area contributed by atoms with E-state index in [9.17, 15) is 18.0 Å². The molecule has 2 aromatic carbocycles. The van der Waals surface area contributed by atoms with E-state index in [1.54, 1.807) is 42.7 Å². The second-order valence-corrected chi connectivity index (χ2v) is 12.0. The number of rotatable bonds is 10. The second kappa shape index (κ2) is 11.2. The van der Waals surface area contributed by atoms with E-state index in [2.05, 4.69) is 5.32 Å². The maximum atomic E-state index is 13.4. The van der Waals surface area contributed by atoms with Crippen molar-refractivity contribution >= 4 is 56.3 Å². The molecule has 3 rings (SSSR count). The molecule has 190 valence electrons. The van der Waals surface area contributed by atoms with Gasteiger partial charge in [0.1, 0.15) is 11.9 Å². The minimum absolute atomic E-state index is 0.0236. The molecule has 1 atom stereocenters. The molecule has 0 aliphatic carbocycles. The first-order valence-corrected chi connectivity index (χ1v) is 14.2. The van der Waals surface area contributed by atoms with Crippen LogP contribution in [0.2, 0.25) is 0 Å². The minimum Gasteiger partial charge on any atom is -0.480 e. The number of sulfone groups is 1. The van der Waals surface area contributed by atoms with Crippen molar-refractivity contribution in [2.24, 2.45) is 11.5 Å². The number of thiophene rings is 1. The fourth-order valence-electron chi connectivity index (χ4n) is 3.48. The van der Waals surface area contributed by atoms with Gasteiger partial charge >= 0.3 is 5.97 Å². The topological polar surface area (TPSA) is 176 Å². The number of carboxylic acids is 1. The van der Waals surface area contributed by atoms with Crippen molar-refractivity contribution in [1.29, 1.82) is 5.41 Å². The number of nitrogens with two attached hydrogens (primary N) is 2. The Morgan fingerprint density at radius 2 is 1.92 bits per heavy atom. The predicted molar refractivity (Wildman–Crippen MR) is 143 cm³/mol. The van der Waals surface area contributed by atoms with Gasteiger partial charge in [-0.25, -0.2) is 8.42 Å². The highest BCUT2D eigenvalue weighted by atomic mass is 32.2. The number of carbonyl (C=O) groups is 2. The summed E-state index contributed by atoms with van der Waals surface area (Å²) >= 11 is 2.46. The van der Waals surface area contributed by atoms with Gasteiger partial charge in [-0.3, -0.25) is 15.0 Å². The van der Waals surface area contributed by atoms with Crippen LogP contribution in [0.15, 0.2) is 62.5 Å². The number of nitrogen functional groups attached to an aromatic ring is 1. The van der Waals surface area contributed by atoms with E-state index in [-0.39, 0.29) is 34.4 Å². The molecule has 0 aliphatic heterocycles. The lowest BCUT2D eigenvalue weighted by Crippen LogP contribution is -2.31. The van der Waals surface area contributed by atoms with Crippen molar-refractivity contribution in [3.63, 3.8) is 0 Å². The third kappa shape index (κ3) is 6.13. The molecule has 1 aromatic heterocycles. The number of amidine groups is 1. The number of hydrogen-bond acceptors (Lipinski definition) is 8. The molecule has 0 aliphatic rings. The van der Waals surface area contributed by atoms with Crippen molar-refractivity contribution in [2.75, 3.05) is 11.6 Å². The maximum Gasteiger partial charge on any atom is 0.320 e. The fraction of sp³-hybridized carbons (Fsp3) is 0.208. The summed E-state index contributed by atoms with van der Waals surface area (Å²) in [6.45, 7) is 1.84. The molecule has 7 N–H and O–H groups in total. The summed E-state index contributed by atoms with van der Waals surface area (Å²) in [5.74, 6) is -1.69. The van der Waals surface area contributed by atoms with Gasteiger partial charge in [-0.15, -0.1) is 23.1 Å². The lowest BCUT2D eigenvalue weighted by Gasteiger charge is -2.12. The molecular weight excluding hydrogens is 520 g/mol. The Labute approximate surface area is 217 Å². The van der Waals surface area contributed by atoms with Crippen LogP contribution in [0.5, 0.6) is 0 Å². The summed E-state index contributed by atoms with van der Waals surface area (Å²) in [4.78, 5) is 23.6. The highest BCUT2D eigenvalue weighted by Gasteiger charge is 2.25. The molecule has 1 amide bonds. The zero-order chi connectivity index (χ0) is 26.6. The van der Waals surface area contributed by atoms with Crippen LogP contribution in [0.4, 0.5) is 5.69 Å². The summed E-state index contributed by atoms with van der Waals surface area (Å²) in [6.07, 6.45) is 1.77. The number of aliphatic carboxylic acids is 1. The van der Waals surface area contributed by atoms with Crippen LogP contribution in [0.1, 0.15) is 23.3 Å². The largest absolute Gasteiger partial charge is 0.480 e. The molecule has 36 heavy (non-hydrogen) atoms. The van der Waals surface area contributed by atoms with Gasteiger partial charge in [-0.2, -0.15) is 0 Å². The van der Waals surface area contributed by atoms with Crippen molar-refractivity contribution in [2.45, 2.75) is 39.8 Å². The Kier molecular flexibility index (Phi) is 8.56. The first kappa shape index (κ1) is 27.4. The zero-order valence-electron chi connectivity index (χ0n) is 19.6. The highest BCUT2D eigenvalue weighted by Crippen LogP contribution is 2.38. The molecule has 0 saturated carbocycles. The number of amides is 1. The molecule has 1 unspecified atom stereocenters. The van der Waals surface area contributed by atoms with Gasteiger partial charge in [-0.1, -0.05) is 18.2 Å². The minimum atomic E-state index is -3.85. The molecule has 0 spiro atoms. The van der Waals surface area contributed by atoms with Crippen LogP contribution in [-0.2, 0) is 19.4 Å². The van der Waals surface area contributed by atoms with Crippen LogP contribution in [0.3, 0.4) is 0 Å². The molecule has 0 fully saturated rings. The van der Waals surface area contributed by atoms with Crippen molar-refractivity contribution < 1.29 is 23.1 Å². The van der Waals surface area contributed by atoms with E-state index >= 15 is 0 Å². The second-order valence-electron chi connectivity index (χ2n) is 7.97. The first-order valence-electron chi connectivity index (χ1n) is 10.7. The Morgan fingerprint density at radius 1 is 1.19 bits per heavy atom. The molecule has 0 saturated heterocycles. The number of benzene rings is 2. The Balaban J connectivity index is 1.86. The third-order valence-electron chi connectivity index (χ3n) is 5.37. The summed E-state index contributed by atoms with van der Waals surface area (Å²) in [5, 5.41) is 19.2. The number of anilines is 1. The predicted octanol–water partition coefficient (Wildman–Crippen LogP) is 3.69. The van der Waals surface area contributed by atoms with Crippen LogP contribution < -0.4 is 16.8 Å². The Morgan fingerprint density at radius 3 is 2.53 bits per heavy atom. The summed E-state index contributed by atoms with van der Waals surface area (Å²) in [7, 11) is -3.85. The average molecular weight is 547 g/mol. The molecular formula is C24H26N4O5S3. The quantitative estimate of drug-likeness (QED) is 0.145. The number of carbonyl (C=O) groups excluding carboxylic acids is 1. The summed E-state index contributed by atoms with van der Waals surface area (Å²) in [5.41, 5.74) is 13.8. The first-order chi connectivity index (χ1) is 16.9. The Hall–Kier alpha value is -3.19. The van der Waals surface area contributed by atoms with Crippen LogP contribution in [0.25, 0.3) is 11.1 Å². The lowest BCUT2D eigenvalue weighted by molar-refractivity contribution is -0.138. The third-order valence-corrected chi connectivity index (χ3v) is 9.71. The normalized spacial score (nSPS) is 12.2. The number of thioether (sulfide) groups is 1. The smallest absolute Gasteiger partial charge is 0.320 e. The van der Waals surface area contributed by atoms with E-state index in [1.165, 1.54) is 35.2 Å². The van der Waals surface area contributed by atoms with Gasteiger partial charge in [0.15, 0.2) is 0 Å². The standard InChI is InChI=1S/C24H26N4O5S3/c1-13-10-15(28-21(29)9-8-18(25)23(30)31)6-7-17(13)14-4-3-5-16(11-14)36(32,33)20-12-19(22(26)27)35-24(20)34-2/h3-7,10-12,18H,8-9,25H2,1-2H3,(H3,26,27)(H,28,29)(H,30,31). The molecule has 1 heterocycles. The fourth-order valence-corrected chi connectivity index (χ4v) is 7.38. The molecule has 12 heteroatoms. The van der Waals surface area contributed by atoms with Gasteiger partial charge < -0.3 is 21.9 Å². The van der Waals surface area contributed by atoms with Crippen LogP contribution in [-0.4, -0.2) is 43.5 Å². The number of aryl methyl sites for hydroxylation is 1. The SMILES string of the molecule is CSc1sc(C(=N)N)cc1S(=O)(=O)c1cccc(-c2ccc(NC(=O)CCC(N)C(=O)O)cc2C)c1. The Bertz CT molecular complexity index is 1430. The van der Waals surface area contributed by atoms with Gasteiger partial charge in [0, 0.05) is 12.1 Å². The molecule has 0 bridgehead atoms. The highest BCUT2D eigenvalue weighted by molar-refractivity contribution is 8.01. The van der Waals surface area contributed by atoms with Gasteiger partial charge in [0.2, 0.25) is 15.7 Å². The van der Waals surface area contributed by atoms with E-state index < -0.39 is 21.8 Å². The van der Waals surface area contributed by atoms with E-state index in [0.717, 1.165) is 11.1 Å².